The normalized spacial score (nSPS) is 10.4. The van der Waals surface area contributed by atoms with E-state index in [0.717, 1.165) is 21.3 Å². The van der Waals surface area contributed by atoms with Crippen molar-refractivity contribution in [1.82, 2.24) is 9.97 Å². The molecule has 2 aromatic rings. The number of carbonyl (C=O) groups excluding carboxylic acids is 1. The zero-order valence-electron chi connectivity index (χ0n) is 11.6. The Labute approximate surface area is 134 Å². The number of hydrogen-bond donors (Lipinski definition) is 2. The molecule has 1 aromatic heterocycles. The van der Waals surface area contributed by atoms with Gasteiger partial charge in [-0.3, -0.25) is 9.59 Å². The van der Waals surface area contributed by atoms with E-state index in [2.05, 4.69) is 31.2 Å². The minimum atomic E-state index is -0.229. The number of aryl methyl sites for hydroxylation is 2. The van der Waals surface area contributed by atoms with E-state index in [-0.39, 0.29) is 17.2 Å². The second-order valence-electron chi connectivity index (χ2n) is 4.49. The van der Waals surface area contributed by atoms with Crippen molar-refractivity contribution >= 4 is 39.3 Å². The standard InChI is InChI=1S/C14H14BrN3O2S/c1-8-5-10(15)6-9(2)13(8)17-12(20)7-21-14-16-4-3-11(19)18-14/h3-6H,7H2,1-2H3,(H,17,20)(H,16,18,19). The number of thioether (sulfide) groups is 1. The van der Waals surface area contributed by atoms with Crippen LogP contribution in [-0.2, 0) is 4.79 Å². The Kier molecular flexibility index (Phi) is 5.19. The fraction of sp³-hybridized carbons (Fsp3) is 0.214. The summed E-state index contributed by atoms with van der Waals surface area (Å²) in [6.07, 6.45) is 1.42. The van der Waals surface area contributed by atoms with Gasteiger partial charge >= 0.3 is 0 Å². The average Bonchev–Trinajstić information content (AvgIpc) is 2.40. The van der Waals surface area contributed by atoms with Crippen molar-refractivity contribution in [3.63, 3.8) is 0 Å². The summed E-state index contributed by atoms with van der Waals surface area (Å²) in [7, 11) is 0. The third kappa shape index (κ3) is 4.44. The number of benzene rings is 1. The molecular weight excluding hydrogens is 354 g/mol. The van der Waals surface area contributed by atoms with Gasteiger partial charge in [0.1, 0.15) is 0 Å². The summed E-state index contributed by atoms with van der Waals surface area (Å²) < 4.78 is 0.982. The van der Waals surface area contributed by atoms with Gasteiger partial charge in [0.2, 0.25) is 5.91 Å². The van der Waals surface area contributed by atoms with E-state index < -0.39 is 0 Å². The lowest BCUT2D eigenvalue weighted by Gasteiger charge is -2.12. The van der Waals surface area contributed by atoms with Gasteiger partial charge in [0.25, 0.3) is 5.56 Å². The maximum absolute atomic E-state index is 12.0. The average molecular weight is 368 g/mol. The van der Waals surface area contributed by atoms with Gasteiger partial charge in [-0.1, -0.05) is 27.7 Å². The second kappa shape index (κ2) is 6.91. The van der Waals surface area contributed by atoms with Gasteiger partial charge in [-0.15, -0.1) is 0 Å². The lowest BCUT2D eigenvalue weighted by Crippen LogP contribution is -2.16. The molecule has 0 aliphatic carbocycles. The third-order valence-corrected chi connectivity index (χ3v) is 4.09. The van der Waals surface area contributed by atoms with E-state index in [0.29, 0.717) is 5.16 Å². The number of hydrogen-bond acceptors (Lipinski definition) is 4. The number of aromatic nitrogens is 2. The Morgan fingerprint density at radius 3 is 2.67 bits per heavy atom. The van der Waals surface area contributed by atoms with Crippen LogP contribution < -0.4 is 10.9 Å². The molecule has 0 bridgehead atoms. The molecule has 0 unspecified atom stereocenters. The van der Waals surface area contributed by atoms with Crippen LogP contribution in [0.15, 0.2) is 38.8 Å². The molecule has 0 aliphatic rings. The summed E-state index contributed by atoms with van der Waals surface area (Å²) in [5, 5.41) is 3.32. The van der Waals surface area contributed by atoms with Crippen LogP contribution in [0.5, 0.6) is 0 Å². The number of aromatic amines is 1. The Bertz CT molecular complexity index is 707. The molecule has 0 aliphatic heterocycles. The van der Waals surface area contributed by atoms with Crippen LogP contribution in [0.1, 0.15) is 11.1 Å². The van der Waals surface area contributed by atoms with Crippen molar-refractivity contribution in [3.8, 4) is 0 Å². The molecule has 0 saturated carbocycles. The van der Waals surface area contributed by atoms with Gasteiger partial charge < -0.3 is 10.3 Å². The van der Waals surface area contributed by atoms with Gasteiger partial charge in [0, 0.05) is 22.4 Å². The smallest absolute Gasteiger partial charge is 0.251 e. The number of nitrogens with zero attached hydrogens (tertiary/aromatic N) is 1. The van der Waals surface area contributed by atoms with Crippen LogP contribution in [0.2, 0.25) is 0 Å². The van der Waals surface area contributed by atoms with E-state index in [1.807, 2.05) is 26.0 Å². The molecule has 7 heteroatoms. The maximum Gasteiger partial charge on any atom is 0.251 e. The van der Waals surface area contributed by atoms with Crippen molar-refractivity contribution in [3.05, 3.63) is 50.3 Å². The van der Waals surface area contributed by atoms with E-state index in [1.165, 1.54) is 24.0 Å². The highest BCUT2D eigenvalue weighted by Crippen LogP contribution is 2.25. The van der Waals surface area contributed by atoms with Gasteiger partial charge in [-0.05, 0) is 37.1 Å². The minimum absolute atomic E-state index is 0.139. The first-order chi connectivity index (χ1) is 9.95. The molecule has 5 nitrogen and oxygen atoms in total. The first kappa shape index (κ1) is 15.8. The van der Waals surface area contributed by atoms with Crippen LogP contribution in [0.4, 0.5) is 5.69 Å². The Morgan fingerprint density at radius 2 is 2.05 bits per heavy atom. The zero-order valence-corrected chi connectivity index (χ0v) is 14.0. The first-order valence-corrected chi connectivity index (χ1v) is 7.98. The molecule has 1 heterocycles. The van der Waals surface area contributed by atoms with E-state index >= 15 is 0 Å². The largest absolute Gasteiger partial charge is 0.325 e. The number of amides is 1. The van der Waals surface area contributed by atoms with Gasteiger partial charge in [-0.2, -0.15) is 0 Å². The van der Waals surface area contributed by atoms with E-state index in [4.69, 9.17) is 0 Å². The second-order valence-corrected chi connectivity index (χ2v) is 6.37. The number of halogens is 1. The summed E-state index contributed by atoms with van der Waals surface area (Å²) in [5.74, 6) is 0.0436. The third-order valence-electron chi connectivity index (χ3n) is 2.75. The lowest BCUT2D eigenvalue weighted by atomic mass is 10.1. The van der Waals surface area contributed by atoms with Crippen molar-refractivity contribution < 1.29 is 4.79 Å². The summed E-state index contributed by atoms with van der Waals surface area (Å²) >= 11 is 4.61. The maximum atomic E-state index is 12.0. The molecule has 1 amide bonds. The van der Waals surface area contributed by atoms with Crippen molar-refractivity contribution in [1.29, 1.82) is 0 Å². The summed E-state index contributed by atoms with van der Waals surface area (Å²) in [6, 6.07) is 5.23. The van der Waals surface area contributed by atoms with Crippen LogP contribution >= 0.6 is 27.7 Å². The van der Waals surface area contributed by atoms with Gasteiger partial charge in [-0.25, -0.2) is 4.98 Å². The van der Waals surface area contributed by atoms with E-state index in [1.54, 1.807) is 0 Å². The minimum Gasteiger partial charge on any atom is -0.325 e. The number of H-pyrrole nitrogens is 1. The fourth-order valence-electron chi connectivity index (χ4n) is 1.84. The molecular formula is C14H14BrN3O2S. The predicted octanol–water partition coefficient (Wildman–Crippen LogP) is 2.88. The van der Waals surface area contributed by atoms with Gasteiger partial charge in [0.15, 0.2) is 5.16 Å². The number of carbonyl (C=O) groups is 1. The highest BCUT2D eigenvalue weighted by atomic mass is 79.9. The zero-order chi connectivity index (χ0) is 15.4. The SMILES string of the molecule is Cc1cc(Br)cc(C)c1NC(=O)CSc1nccc(=O)[nH]1. The lowest BCUT2D eigenvalue weighted by molar-refractivity contribution is -0.113. The Morgan fingerprint density at radius 1 is 1.38 bits per heavy atom. The topological polar surface area (TPSA) is 74.8 Å². The molecule has 0 spiro atoms. The monoisotopic (exact) mass is 367 g/mol. The van der Waals surface area contributed by atoms with Gasteiger partial charge in [0.05, 0.1) is 5.75 Å². The van der Waals surface area contributed by atoms with Crippen LogP contribution in [0, 0.1) is 13.8 Å². The Hall–Kier alpha value is -1.60. The first-order valence-electron chi connectivity index (χ1n) is 6.20. The van der Waals surface area contributed by atoms with Crippen LogP contribution in [-0.4, -0.2) is 21.6 Å². The van der Waals surface area contributed by atoms with Crippen molar-refractivity contribution in [2.45, 2.75) is 19.0 Å². The molecule has 0 atom stereocenters. The molecule has 0 fully saturated rings. The van der Waals surface area contributed by atoms with Crippen molar-refractivity contribution in [2.75, 3.05) is 11.1 Å². The summed E-state index contributed by atoms with van der Waals surface area (Å²) in [5.41, 5.74) is 2.57. The molecule has 21 heavy (non-hydrogen) atoms. The number of anilines is 1. The quantitative estimate of drug-likeness (QED) is 0.643. The molecule has 0 saturated heterocycles. The Balaban J connectivity index is 2.01. The summed E-state index contributed by atoms with van der Waals surface area (Å²) in [6.45, 7) is 3.88. The highest BCUT2D eigenvalue weighted by Gasteiger charge is 2.09. The highest BCUT2D eigenvalue weighted by molar-refractivity contribution is 9.10. The molecule has 2 rings (SSSR count). The predicted molar refractivity (Wildman–Crippen MR) is 87.8 cm³/mol. The number of rotatable bonds is 4. The molecule has 110 valence electrons. The molecule has 0 radical (unpaired) electrons. The van der Waals surface area contributed by atoms with E-state index in [9.17, 15) is 9.59 Å². The van der Waals surface area contributed by atoms with Crippen LogP contribution in [0.3, 0.4) is 0 Å². The summed E-state index contributed by atoms with van der Waals surface area (Å²) in [4.78, 5) is 29.7. The fourth-order valence-corrected chi connectivity index (χ4v) is 3.18. The van der Waals surface area contributed by atoms with Crippen LogP contribution in [0.25, 0.3) is 0 Å². The van der Waals surface area contributed by atoms with Crippen molar-refractivity contribution in [2.24, 2.45) is 0 Å². The molecule has 1 aromatic carbocycles. The molecule has 2 N–H and O–H groups in total. The number of nitrogens with one attached hydrogen (secondary N) is 2.